The number of amides is 3. The lowest BCUT2D eigenvalue weighted by atomic mass is 10.4. The lowest BCUT2D eigenvalue weighted by Crippen LogP contribution is -2.44. The molecule has 1 aliphatic rings. The molecule has 0 unspecified atom stereocenters. The van der Waals surface area contributed by atoms with E-state index in [4.69, 9.17) is 0 Å². The quantitative estimate of drug-likeness (QED) is 0.595. The monoisotopic (exact) mass is 199 g/mol. The van der Waals surface area contributed by atoms with Crippen molar-refractivity contribution in [2.24, 2.45) is 0 Å². The molecule has 5 nitrogen and oxygen atoms in total. The van der Waals surface area contributed by atoms with Crippen LogP contribution < -0.4 is 16.0 Å². The summed E-state index contributed by atoms with van der Waals surface area (Å²) in [5.74, 6) is -0.119. The Kier molecular flexibility index (Phi) is 3.73. The molecule has 0 heterocycles. The third-order valence-corrected chi connectivity index (χ3v) is 1.77. The smallest absolute Gasteiger partial charge is 0.315 e. The lowest BCUT2D eigenvalue weighted by molar-refractivity contribution is -0.120. The summed E-state index contributed by atoms with van der Waals surface area (Å²) in [5, 5.41) is 7.90. The predicted molar refractivity (Wildman–Crippen MR) is 52.8 cm³/mol. The maximum Gasteiger partial charge on any atom is 0.315 e. The van der Waals surface area contributed by atoms with Crippen LogP contribution in [0.2, 0.25) is 0 Å². The van der Waals surface area contributed by atoms with E-state index in [9.17, 15) is 9.59 Å². The molecule has 0 aliphatic heterocycles. The fraction of sp³-hybridized carbons (Fsp3) is 0.778. The Labute approximate surface area is 83.6 Å². The Balaban J connectivity index is 2.06. The Bertz CT molecular complexity index is 208. The van der Waals surface area contributed by atoms with Gasteiger partial charge in [0.1, 0.15) is 0 Å². The molecule has 0 bridgehead atoms. The van der Waals surface area contributed by atoms with E-state index in [2.05, 4.69) is 16.0 Å². The van der Waals surface area contributed by atoms with Crippen molar-refractivity contribution < 1.29 is 9.59 Å². The zero-order valence-electron chi connectivity index (χ0n) is 8.59. The zero-order valence-corrected chi connectivity index (χ0v) is 8.59. The van der Waals surface area contributed by atoms with Crippen molar-refractivity contribution in [2.75, 3.05) is 6.54 Å². The molecule has 5 heteroatoms. The average molecular weight is 199 g/mol. The van der Waals surface area contributed by atoms with Gasteiger partial charge in [-0.15, -0.1) is 0 Å². The number of hydrogen-bond acceptors (Lipinski definition) is 2. The molecule has 3 N–H and O–H groups in total. The summed E-state index contributed by atoms with van der Waals surface area (Å²) in [5.41, 5.74) is 0. The zero-order chi connectivity index (χ0) is 10.6. The standard InChI is InChI=1S/C9H17N3O2/c1-6(2)11-9(14)10-5-8(13)12-7-3-4-7/h6-7H,3-5H2,1-2H3,(H,12,13)(H2,10,11,14). The van der Waals surface area contributed by atoms with Gasteiger partial charge >= 0.3 is 6.03 Å². The molecule has 0 saturated heterocycles. The lowest BCUT2D eigenvalue weighted by Gasteiger charge is -2.09. The fourth-order valence-electron chi connectivity index (χ4n) is 0.980. The summed E-state index contributed by atoms with van der Waals surface area (Å²) >= 11 is 0. The van der Waals surface area contributed by atoms with E-state index in [0.29, 0.717) is 6.04 Å². The maximum absolute atomic E-state index is 11.1. The van der Waals surface area contributed by atoms with Crippen molar-refractivity contribution in [3.8, 4) is 0 Å². The van der Waals surface area contributed by atoms with Crippen molar-refractivity contribution in [1.82, 2.24) is 16.0 Å². The van der Waals surface area contributed by atoms with E-state index in [1.165, 1.54) is 0 Å². The molecular weight excluding hydrogens is 182 g/mol. The maximum atomic E-state index is 11.1. The van der Waals surface area contributed by atoms with Crippen LogP contribution in [0, 0.1) is 0 Å². The Hall–Kier alpha value is -1.26. The molecule has 0 radical (unpaired) electrons. The SMILES string of the molecule is CC(C)NC(=O)NCC(=O)NC1CC1. The predicted octanol–water partition coefficient (Wildman–Crippen LogP) is -0.0274. The van der Waals surface area contributed by atoms with Crippen LogP contribution in [0.25, 0.3) is 0 Å². The van der Waals surface area contributed by atoms with Crippen LogP contribution in [0.3, 0.4) is 0 Å². The molecule has 0 atom stereocenters. The Morgan fingerprint density at radius 1 is 1.36 bits per heavy atom. The summed E-state index contributed by atoms with van der Waals surface area (Å²) in [7, 11) is 0. The molecule has 1 fully saturated rings. The first-order chi connectivity index (χ1) is 6.58. The van der Waals surface area contributed by atoms with Crippen molar-refractivity contribution in [2.45, 2.75) is 38.8 Å². The number of hydrogen-bond donors (Lipinski definition) is 3. The number of rotatable bonds is 4. The van der Waals surface area contributed by atoms with Crippen LogP contribution in [0.4, 0.5) is 4.79 Å². The van der Waals surface area contributed by atoms with Crippen molar-refractivity contribution in [1.29, 1.82) is 0 Å². The second-order valence-corrected chi connectivity index (χ2v) is 3.82. The molecule has 80 valence electrons. The third-order valence-electron chi connectivity index (χ3n) is 1.77. The molecule has 0 spiro atoms. The number of nitrogens with one attached hydrogen (secondary N) is 3. The second kappa shape index (κ2) is 4.83. The van der Waals surface area contributed by atoms with Crippen molar-refractivity contribution in [3.63, 3.8) is 0 Å². The second-order valence-electron chi connectivity index (χ2n) is 3.82. The van der Waals surface area contributed by atoms with Crippen LogP contribution in [-0.2, 0) is 4.79 Å². The van der Waals surface area contributed by atoms with Crippen molar-refractivity contribution >= 4 is 11.9 Å². The normalized spacial score (nSPS) is 15.1. The van der Waals surface area contributed by atoms with E-state index in [1.807, 2.05) is 13.8 Å². The molecule has 1 rings (SSSR count). The first-order valence-electron chi connectivity index (χ1n) is 4.91. The third kappa shape index (κ3) is 4.69. The van der Waals surface area contributed by atoms with Crippen LogP contribution in [0.1, 0.15) is 26.7 Å². The van der Waals surface area contributed by atoms with E-state index in [-0.39, 0.29) is 24.5 Å². The van der Waals surface area contributed by atoms with Gasteiger partial charge in [0.15, 0.2) is 0 Å². The van der Waals surface area contributed by atoms with Gasteiger partial charge in [0.25, 0.3) is 0 Å². The first-order valence-corrected chi connectivity index (χ1v) is 4.91. The summed E-state index contributed by atoms with van der Waals surface area (Å²) < 4.78 is 0. The highest BCUT2D eigenvalue weighted by Gasteiger charge is 2.23. The average Bonchev–Trinajstić information content (AvgIpc) is 2.83. The number of urea groups is 1. The van der Waals surface area contributed by atoms with E-state index >= 15 is 0 Å². The van der Waals surface area contributed by atoms with Crippen LogP contribution in [0.5, 0.6) is 0 Å². The van der Waals surface area contributed by atoms with Gasteiger partial charge in [0, 0.05) is 12.1 Å². The minimum absolute atomic E-state index is 0.0506. The summed E-state index contributed by atoms with van der Waals surface area (Å²) in [4.78, 5) is 22.2. The van der Waals surface area contributed by atoms with Crippen molar-refractivity contribution in [3.05, 3.63) is 0 Å². The minimum Gasteiger partial charge on any atom is -0.352 e. The fourth-order valence-corrected chi connectivity index (χ4v) is 0.980. The summed E-state index contributed by atoms with van der Waals surface area (Å²) in [6.07, 6.45) is 2.12. The van der Waals surface area contributed by atoms with E-state index in [0.717, 1.165) is 12.8 Å². The van der Waals surface area contributed by atoms with Crippen LogP contribution >= 0.6 is 0 Å². The van der Waals surface area contributed by atoms with Gasteiger partial charge in [-0.25, -0.2) is 4.79 Å². The van der Waals surface area contributed by atoms with Gasteiger partial charge < -0.3 is 16.0 Å². The summed E-state index contributed by atoms with van der Waals surface area (Å²) in [6, 6.07) is 0.130. The molecule has 1 aliphatic carbocycles. The topological polar surface area (TPSA) is 70.2 Å². The highest BCUT2D eigenvalue weighted by Crippen LogP contribution is 2.17. The van der Waals surface area contributed by atoms with Gasteiger partial charge in [-0.3, -0.25) is 4.79 Å². The first kappa shape index (κ1) is 10.8. The minimum atomic E-state index is -0.300. The molecule has 0 aromatic carbocycles. The number of carbonyl (C=O) groups is 2. The Morgan fingerprint density at radius 3 is 2.50 bits per heavy atom. The molecule has 14 heavy (non-hydrogen) atoms. The van der Waals surface area contributed by atoms with Crippen LogP contribution in [-0.4, -0.2) is 30.6 Å². The van der Waals surface area contributed by atoms with Gasteiger partial charge in [0.2, 0.25) is 5.91 Å². The Morgan fingerprint density at radius 2 is 2.00 bits per heavy atom. The molecule has 3 amide bonds. The molecular formula is C9H17N3O2. The van der Waals surface area contributed by atoms with E-state index < -0.39 is 0 Å². The molecule has 1 saturated carbocycles. The highest BCUT2D eigenvalue weighted by atomic mass is 16.2. The molecule has 0 aromatic rings. The molecule has 0 aromatic heterocycles. The van der Waals surface area contributed by atoms with Gasteiger partial charge in [0.05, 0.1) is 6.54 Å². The van der Waals surface area contributed by atoms with Gasteiger partial charge in [-0.2, -0.15) is 0 Å². The van der Waals surface area contributed by atoms with Gasteiger partial charge in [-0.1, -0.05) is 0 Å². The summed E-state index contributed by atoms with van der Waals surface area (Å²) in [6.45, 7) is 3.78. The largest absolute Gasteiger partial charge is 0.352 e. The highest BCUT2D eigenvalue weighted by molar-refractivity contribution is 5.84. The van der Waals surface area contributed by atoms with E-state index in [1.54, 1.807) is 0 Å². The number of carbonyl (C=O) groups excluding carboxylic acids is 2. The van der Waals surface area contributed by atoms with Gasteiger partial charge in [-0.05, 0) is 26.7 Å². The van der Waals surface area contributed by atoms with Crippen LogP contribution in [0.15, 0.2) is 0 Å².